The van der Waals surface area contributed by atoms with Gasteiger partial charge in [-0.2, -0.15) is 0 Å². The first-order valence-corrected chi connectivity index (χ1v) is 4.07. The van der Waals surface area contributed by atoms with E-state index in [0.29, 0.717) is 5.69 Å². The molecule has 0 fully saturated rings. The molecule has 0 aliphatic rings. The summed E-state index contributed by atoms with van der Waals surface area (Å²) in [5.41, 5.74) is 7.91. The number of rotatable bonds is 0. The van der Waals surface area contributed by atoms with Crippen LogP contribution in [0, 0.1) is 13.8 Å². The Bertz CT molecular complexity index is 270. The highest BCUT2D eigenvalue weighted by Gasteiger charge is 2.07. The molecule has 0 aliphatic heterocycles. The minimum Gasteiger partial charge on any atom is -0.506 e. The Morgan fingerprint density at radius 3 is 2.55 bits per heavy atom. The van der Waals surface area contributed by atoms with Gasteiger partial charge in [0, 0.05) is 11.3 Å². The van der Waals surface area contributed by atoms with Crippen LogP contribution in [0.3, 0.4) is 0 Å². The van der Waals surface area contributed by atoms with Crippen LogP contribution in [-0.4, -0.2) is 5.11 Å². The summed E-state index contributed by atoms with van der Waals surface area (Å²) < 4.78 is 0.726. The molecule has 11 heavy (non-hydrogen) atoms. The van der Waals surface area contributed by atoms with E-state index in [0.717, 1.165) is 15.6 Å². The molecule has 2 nitrogen and oxygen atoms in total. The Balaban J connectivity index is 3.46. The lowest BCUT2D eigenvalue weighted by molar-refractivity contribution is 0.467. The summed E-state index contributed by atoms with van der Waals surface area (Å²) in [6.45, 7) is 3.68. The van der Waals surface area contributed by atoms with E-state index in [4.69, 9.17) is 5.73 Å². The lowest BCUT2D eigenvalue weighted by Crippen LogP contribution is -1.91. The number of nitrogen functional groups attached to an aromatic ring is 1. The number of nitrogens with two attached hydrogens (primary N) is 1. The van der Waals surface area contributed by atoms with Crippen LogP contribution in [0.1, 0.15) is 11.1 Å². The fraction of sp³-hybridized carbons (Fsp3) is 0.250. The largest absolute Gasteiger partial charge is 0.506 e. The molecule has 0 spiro atoms. The predicted molar refractivity (Wildman–Crippen MR) is 49.7 cm³/mol. The molecule has 0 amide bonds. The molecule has 0 aliphatic carbocycles. The average Bonchev–Trinajstić information content (AvgIpc) is 1.97. The third-order valence-corrected chi connectivity index (χ3v) is 2.72. The van der Waals surface area contributed by atoms with Gasteiger partial charge in [0.2, 0.25) is 0 Å². The highest BCUT2D eigenvalue weighted by atomic mass is 79.9. The van der Waals surface area contributed by atoms with Gasteiger partial charge in [-0.1, -0.05) is 0 Å². The minimum absolute atomic E-state index is 0.238. The zero-order valence-electron chi connectivity index (χ0n) is 6.48. The highest BCUT2D eigenvalue weighted by Crippen LogP contribution is 2.33. The molecule has 0 bridgehead atoms. The Morgan fingerprint density at radius 1 is 1.45 bits per heavy atom. The van der Waals surface area contributed by atoms with Crippen molar-refractivity contribution >= 4 is 21.6 Å². The van der Waals surface area contributed by atoms with E-state index in [2.05, 4.69) is 15.9 Å². The number of aryl methyl sites for hydroxylation is 1. The van der Waals surface area contributed by atoms with Crippen LogP contribution in [0.5, 0.6) is 5.75 Å². The molecule has 0 saturated carbocycles. The van der Waals surface area contributed by atoms with Crippen LogP contribution in [0.25, 0.3) is 0 Å². The Morgan fingerprint density at radius 2 is 2.00 bits per heavy atom. The molecule has 1 rings (SSSR count). The van der Waals surface area contributed by atoms with E-state index < -0.39 is 0 Å². The van der Waals surface area contributed by atoms with Gasteiger partial charge < -0.3 is 10.8 Å². The first kappa shape index (κ1) is 8.40. The van der Waals surface area contributed by atoms with E-state index in [-0.39, 0.29) is 5.75 Å². The van der Waals surface area contributed by atoms with E-state index in [9.17, 15) is 5.11 Å². The quantitative estimate of drug-likeness (QED) is 0.654. The molecule has 3 heteroatoms. The van der Waals surface area contributed by atoms with E-state index >= 15 is 0 Å². The summed E-state index contributed by atoms with van der Waals surface area (Å²) in [6, 6.07) is 1.83. The van der Waals surface area contributed by atoms with Gasteiger partial charge in [-0.05, 0) is 41.4 Å². The van der Waals surface area contributed by atoms with E-state index in [1.807, 2.05) is 13.0 Å². The highest BCUT2D eigenvalue weighted by molar-refractivity contribution is 9.10. The van der Waals surface area contributed by atoms with Crippen LogP contribution >= 0.6 is 15.9 Å². The summed E-state index contributed by atoms with van der Waals surface area (Å²) in [7, 11) is 0. The van der Waals surface area contributed by atoms with Crippen molar-refractivity contribution in [2.45, 2.75) is 13.8 Å². The molecule has 0 heterocycles. The van der Waals surface area contributed by atoms with Crippen LogP contribution in [-0.2, 0) is 0 Å². The molecule has 3 N–H and O–H groups in total. The summed E-state index contributed by atoms with van der Waals surface area (Å²) >= 11 is 3.26. The predicted octanol–water partition coefficient (Wildman–Crippen LogP) is 2.35. The van der Waals surface area contributed by atoms with Crippen molar-refractivity contribution < 1.29 is 5.11 Å². The maximum absolute atomic E-state index is 9.44. The summed E-state index contributed by atoms with van der Waals surface area (Å²) in [6.07, 6.45) is 0. The standard InChI is InChI=1S/C8H10BrNO/c1-4-3-6(10)5(2)8(11)7(4)9/h3,11H,10H2,1-2H3. The van der Waals surface area contributed by atoms with Crippen LogP contribution in [0.4, 0.5) is 5.69 Å². The van der Waals surface area contributed by atoms with E-state index in [1.54, 1.807) is 6.92 Å². The first-order chi connectivity index (χ1) is 5.04. The SMILES string of the molecule is Cc1cc(N)c(C)c(O)c1Br. The first-order valence-electron chi connectivity index (χ1n) is 3.28. The molecule has 0 aromatic heterocycles. The Kier molecular flexibility index (Phi) is 2.09. The second-order valence-electron chi connectivity index (χ2n) is 2.57. The van der Waals surface area contributed by atoms with Crippen molar-refractivity contribution in [2.24, 2.45) is 0 Å². The van der Waals surface area contributed by atoms with Crippen LogP contribution in [0.2, 0.25) is 0 Å². The van der Waals surface area contributed by atoms with Crippen molar-refractivity contribution in [3.8, 4) is 5.75 Å². The average molecular weight is 216 g/mol. The maximum Gasteiger partial charge on any atom is 0.134 e. The van der Waals surface area contributed by atoms with Crippen molar-refractivity contribution in [2.75, 3.05) is 5.73 Å². The third-order valence-electron chi connectivity index (χ3n) is 1.71. The number of aromatic hydroxyl groups is 1. The van der Waals surface area contributed by atoms with E-state index in [1.165, 1.54) is 0 Å². The third kappa shape index (κ3) is 1.33. The minimum atomic E-state index is 0.238. The summed E-state index contributed by atoms with van der Waals surface area (Å²) in [5.74, 6) is 0.238. The van der Waals surface area contributed by atoms with Crippen LogP contribution < -0.4 is 5.73 Å². The van der Waals surface area contributed by atoms with Crippen molar-refractivity contribution in [1.29, 1.82) is 0 Å². The number of hydrogen-bond donors (Lipinski definition) is 2. The smallest absolute Gasteiger partial charge is 0.134 e. The Hall–Kier alpha value is -0.700. The topological polar surface area (TPSA) is 46.2 Å². The van der Waals surface area contributed by atoms with Gasteiger partial charge in [-0.3, -0.25) is 0 Å². The zero-order valence-corrected chi connectivity index (χ0v) is 8.07. The molecular formula is C8H10BrNO. The van der Waals surface area contributed by atoms with Gasteiger partial charge in [0.25, 0.3) is 0 Å². The lowest BCUT2D eigenvalue weighted by atomic mass is 10.1. The molecule has 0 saturated heterocycles. The molecule has 0 unspecified atom stereocenters. The van der Waals surface area contributed by atoms with Gasteiger partial charge in [0.05, 0.1) is 4.47 Å². The molecule has 1 aromatic rings. The second kappa shape index (κ2) is 2.74. The van der Waals surface area contributed by atoms with Crippen LogP contribution in [0.15, 0.2) is 10.5 Å². The summed E-state index contributed by atoms with van der Waals surface area (Å²) in [4.78, 5) is 0. The van der Waals surface area contributed by atoms with Crippen molar-refractivity contribution in [3.63, 3.8) is 0 Å². The maximum atomic E-state index is 9.44. The van der Waals surface area contributed by atoms with Crippen molar-refractivity contribution in [1.82, 2.24) is 0 Å². The zero-order chi connectivity index (χ0) is 8.59. The Labute approximate surface area is 74.2 Å². The number of benzene rings is 1. The fourth-order valence-electron chi connectivity index (χ4n) is 0.893. The number of anilines is 1. The van der Waals surface area contributed by atoms with Gasteiger partial charge >= 0.3 is 0 Å². The second-order valence-corrected chi connectivity index (χ2v) is 3.36. The normalized spacial score (nSPS) is 10.1. The molecule has 60 valence electrons. The molecule has 1 aromatic carbocycles. The molecule has 0 radical (unpaired) electrons. The summed E-state index contributed by atoms with van der Waals surface area (Å²) in [5, 5.41) is 9.44. The van der Waals surface area contributed by atoms with Gasteiger partial charge in [0.1, 0.15) is 5.75 Å². The van der Waals surface area contributed by atoms with Crippen molar-refractivity contribution in [3.05, 3.63) is 21.7 Å². The number of phenolic OH excluding ortho intramolecular Hbond substituents is 1. The van der Waals surface area contributed by atoms with Gasteiger partial charge in [0.15, 0.2) is 0 Å². The molecule has 0 atom stereocenters. The fourth-order valence-corrected chi connectivity index (χ4v) is 1.30. The van der Waals surface area contributed by atoms with Gasteiger partial charge in [-0.15, -0.1) is 0 Å². The lowest BCUT2D eigenvalue weighted by Gasteiger charge is -2.07. The monoisotopic (exact) mass is 215 g/mol. The van der Waals surface area contributed by atoms with Gasteiger partial charge in [-0.25, -0.2) is 0 Å². The number of phenols is 1. The molecular weight excluding hydrogens is 206 g/mol. The number of hydrogen-bond acceptors (Lipinski definition) is 2. The number of halogens is 1.